The van der Waals surface area contributed by atoms with Crippen molar-refractivity contribution in [2.24, 2.45) is 0 Å². The molecule has 0 aliphatic rings. The van der Waals surface area contributed by atoms with Gasteiger partial charge in [0.05, 0.1) is 6.54 Å². The van der Waals surface area contributed by atoms with Gasteiger partial charge in [-0.15, -0.1) is 0 Å². The first-order valence-electron chi connectivity index (χ1n) is 7.35. The van der Waals surface area contributed by atoms with Crippen molar-refractivity contribution in [3.05, 3.63) is 64.7 Å². The van der Waals surface area contributed by atoms with Gasteiger partial charge in [0.1, 0.15) is 0 Å². The molecule has 4 nitrogen and oxygen atoms in total. The van der Waals surface area contributed by atoms with Crippen LogP contribution in [-0.2, 0) is 4.79 Å². The summed E-state index contributed by atoms with van der Waals surface area (Å²) in [6.45, 7) is 3.65. The molecule has 2 N–H and O–H groups in total. The number of rotatable bonds is 6. The summed E-state index contributed by atoms with van der Waals surface area (Å²) in [6.07, 6.45) is 0. The van der Waals surface area contributed by atoms with Gasteiger partial charge in [0.15, 0.2) is 5.78 Å². The maximum Gasteiger partial charge on any atom is 0.238 e. The third-order valence-corrected chi connectivity index (χ3v) is 3.74. The van der Waals surface area contributed by atoms with Crippen LogP contribution < -0.4 is 10.6 Å². The molecule has 5 heteroatoms. The summed E-state index contributed by atoms with van der Waals surface area (Å²) in [6, 6.07) is 14.4. The molecule has 0 saturated heterocycles. The van der Waals surface area contributed by atoms with Crippen molar-refractivity contribution in [1.82, 2.24) is 5.32 Å². The van der Waals surface area contributed by atoms with Crippen LogP contribution in [0, 0.1) is 0 Å². The van der Waals surface area contributed by atoms with E-state index < -0.39 is 0 Å². The zero-order chi connectivity index (χ0) is 16.8. The molecule has 0 aromatic heterocycles. The number of carbonyl (C=O) groups is 2. The molecular formula is C18H19ClN2O2. The molecule has 0 aliphatic heterocycles. The Morgan fingerprint density at radius 1 is 1.13 bits per heavy atom. The fourth-order valence-electron chi connectivity index (χ4n) is 2.14. The van der Waals surface area contributed by atoms with E-state index in [4.69, 9.17) is 11.6 Å². The Bertz CT molecular complexity index is 698. The van der Waals surface area contributed by atoms with Gasteiger partial charge in [0.2, 0.25) is 5.91 Å². The third-order valence-electron chi connectivity index (χ3n) is 3.49. The van der Waals surface area contributed by atoms with Gasteiger partial charge in [0.25, 0.3) is 0 Å². The highest BCUT2D eigenvalue weighted by Crippen LogP contribution is 2.16. The van der Waals surface area contributed by atoms with E-state index in [2.05, 4.69) is 10.6 Å². The molecule has 1 amide bonds. The summed E-state index contributed by atoms with van der Waals surface area (Å²) in [5, 5.41) is 6.62. The molecule has 0 heterocycles. The first-order chi connectivity index (χ1) is 11.0. The fourth-order valence-corrected chi connectivity index (χ4v) is 2.26. The lowest BCUT2D eigenvalue weighted by molar-refractivity contribution is -0.115. The average molecular weight is 331 g/mol. The summed E-state index contributed by atoms with van der Waals surface area (Å²) in [4.78, 5) is 23.3. The molecule has 0 unspecified atom stereocenters. The predicted molar refractivity (Wildman–Crippen MR) is 92.9 cm³/mol. The number of amides is 1. The number of carbonyl (C=O) groups excluding carboxylic acids is 2. The van der Waals surface area contributed by atoms with Crippen molar-refractivity contribution in [2.75, 3.05) is 11.9 Å². The second-order valence-electron chi connectivity index (χ2n) is 5.34. The molecule has 0 spiro atoms. The van der Waals surface area contributed by atoms with E-state index in [0.717, 1.165) is 5.56 Å². The lowest BCUT2D eigenvalue weighted by Gasteiger charge is -2.14. The minimum atomic E-state index is -0.161. The van der Waals surface area contributed by atoms with Gasteiger partial charge in [-0.1, -0.05) is 35.9 Å². The van der Waals surface area contributed by atoms with Gasteiger partial charge in [0, 0.05) is 22.3 Å². The van der Waals surface area contributed by atoms with Crippen molar-refractivity contribution in [3.63, 3.8) is 0 Å². The Kier molecular flexibility index (Phi) is 5.90. The molecule has 0 aliphatic carbocycles. The fraction of sp³-hybridized carbons (Fsp3) is 0.222. The maximum atomic E-state index is 12.0. The summed E-state index contributed by atoms with van der Waals surface area (Å²) in [5.74, 6) is -0.192. The molecule has 0 radical (unpaired) electrons. The minimum absolute atomic E-state index is 0.0292. The number of hydrogen-bond donors (Lipinski definition) is 2. The Balaban J connectivity index is 1.88. The molecule has 0 saturated carbocycles. The first-order valence-corrected chi connectivity index (χ1v) is 7.73. The van der Waals surface area contributed by atoms with Crippen molar-refractivity contribution >= 4 is 29.0 Å². The van der Waals surface area contributed by atoms with E-state index in [1.807, 2.05) is 31.2 Å². The van der Waals surface area contributed by atoms with Crippen LogP contribution in [-0.4, -0.2) is 18.2 Å². The second-order valence-corrected chi connectivity index (χ2v) is 5.78. The van der Waals surface area contributed by atoms with Crippen LogP contribution in [0.5, 0.6) is 0 Å². The highest BCUT2D eigenvalue weighted by atomic mass is 35.5. The largest absolute Gasteiger partial charge is 0.325 e. The molecule has 23 heavy (non-hydrogen) atoms. The number of ketones is 1. The van der Waals surface area contributed by atoms with Gasteiger partial charge in [-0.05, 0) is 43.7 Å². The van der Waals surface area contributed by atoms with Crippen LogP contribution in [0.3, 0.4) is 0 Å². The summed E-state index contributed by atoms with van der Waals surface area (Å²) >= 11 is 5.86. The van der Waals surface area contributed by atoms with E-state index in [0.29, 0.717) is 16.3 Å². The van der Waals surface area contributed by atoms with E-state index in [-0.39, 0.29) is 24.3 Å². The molecular weight excluding hydrogens is 312 g/mol. The van der Waals surface area contributed by atoms with Crippen molar-refractivity contribution in [1.29, 1.82) is 0 Å². The molecule has 2 rings (SSSR count). The third kappa shape index (κ3) is 5.20. The molecule has 2 aromatic rings. The van der Waals surface area contributed by atoms with E-state index >= 15 is 0 Å². The monoisotopic (exact) mass is 330 g/mol. The lowest BCUT2D eigenvalue weighted by Crippen LogP contribution is -2.30. The maximum absolute atomic E-state index is 12.0. The number of nitrogens with one attached hydrogen (secondary N) is 2. The van der Waals surface area contributed by atoms with Gasteiger partial charge in [-0.3, -0.25) is 9.59 Å². The topological polar surface area (TPSA) is 58.2 Å². The van der Waals surface area contributed by atoms with E-state index in [1.165, 1.54) is 6.92 Å². The zero-order valence-corrected chi connectivity index (χ0v) is 13.9. The molecule has 0 bridgehead atoms. The lowest BCUT2D eigenvalue weighted by atomic mass is 10.1. The highest BCUT2D eigenvalue weighted by molar-refractivity contribution is 6.30. The molecule has 1 atom stereocenters. The Labute approximate surface area is 140 Å². The Hall–Kier alpha value is -2.17. The predicted octanol–water partition coefficient (Wildman–Crippen LogP) is 3.83. The number of anilines is 1. The average Bonchev–Trinajstić information content (AvgIpc) is 2.53. The van der Waals surface area contributed by atoms with Crippen LogP contribution in [0.15, 0.2) is 48.5 Å². The van der Waals surface area contributed by atoms with Gasteiger partial charge in [-0.2, -0.15) is 0 Å². The molecule has 2 aromatic carbocycles. The normalized spacial score (nSPS) is 11.8. The standard InChI is InChI=1S/C18H19ClN2O2/c1-12(14-6-8-16(19)9-7-14)20-11-18(23)21-17-5-3-4-15(10-17)13(2)22/h3-10,12,20H,11H2,1-2H3,(H,21,23)/t12-/m1/s1. The highest BCUT2D eigenvalue weighted by Gasteiger charge is 2.09. The number of hydrogen-bond acceptors (Lipinski definition) is 3. The smallest absolute Gasteiger partial charge is 0.238 e. The van der Waals surface area contributed by atoms with Gasteiger partial charge < -0.3 is 10.6 Å². The number of halogens is 1. The summed E-state index contributed by atoms with van der Waals surface area (Å²) in [7, 11) is 0. The Morgan fingerprint density at radius 3 is 2.48 bits per heavy atom. The quantitative estimate of drug-likeness (QED) is 0.791. The Morgan fingerprint density at radius 2 is 1.83 bits per heavy atom. The summed E-state index contributed by atoms with van der Waals surface area (Å²) < 4.78 is 0. The summed E-state index contributed by atoms with van der Waals surface area (Å²) in [5.41, 5.74) is 2.25. The van der Waals surface area contributed by atoms with Crippen LogP contribution in [0.1, 0.15) is 35.8 Å². The van der Waals surface area contributed by atoms with Crippen LogP contribution in [0.25, 0.3) is 0 Å². The van der Waals surface area contributed by atoms with Crippen molar-refractivity contribution < 1.29 is 9.59 Å². The van der Waals surface area contributed by atoms with Crippen LogP contribution in [0.2, 0.25) is 5.02 Å². The van der Waals surface area contributed by atoms with Crippen molar-refractivity contribution in [3.8, 4) is 0 Å². The molecule has 120 valence electrons. The SMILES string of the molecule is CC(=O)c1cccc(NC(=O)CN[C@H](C)c2ccc(Cl)cc2)c1. The number of benzene rings is 2. The minimum Gasteiger partial charge on any atom is -0.325 e. The zero-order valence-electron chi connectivity index (χ0n) is 13.1. The van der Waals surface area contributed by atoms with E-state index in [1.54, 1.807) is 24.3 Å². The molecule has 0 fully saturated rings. The second kappa shape index (κ2) is 7.90. The van der Waals surface area contributed by atoms with Crippen LogP contribution in [0.4, 0.5) is 5.69 Å². The van der Waals surface area contributed by atoms with Crippen LogP contribution >= 0.6 is 11.6 Å². The van der Waals surface area contributed by atoms with Gasteiger partial charge >= 0.3 is 0 Å². The first kappa shape index (κ1) is 17.2. The van der Waals surface area contributed by atoms with E-state index in [9.17, 15) is 9.59 Å². The van der Waals surface area contributed by atoms with Gasteiger partial charge in [-0.25, -0.2) is 0 Å². The van der Waals surface area contributed by atoms with Crippen molar-refractivity contribution in [2.45, 2.75) is 19.9 Å². The number of Topliss-reactive ketones (excluding diaryl/α,β-unsaturated/α-hetero) is 1.